The second-order valence-electron chi connectivity index (χ2n) is 8.11. The number of morpholine rings is 1. The van der Waals surface area contributed by atoms with Gasteiger partial charge in [-0.05, 0) is 38.5 Å². The quantitative estimate of drug-likeness (QED) is 0.315. The molecular weight excluding hydrogens is 356 g/mol. The van der Waals surface area contributed by atoms with Gasteiger partial charge in [0.1, 0.15) is 0 Å². The summed E-state index contributed by atoms with van der Waals surface area (Å²) in [5.41, 5.74) is 0. The number of aliphatic imine (C=N–C) groups is 1. The van der Waals surface area contributed by atoms with Gasteiger partial charge in [0.2, 0.25) is 0 Å². The number of nitrogens with zero attached hydrogens (tertiary/aromatic N) is 2. The molecule has 2 aliphatic rings. The lowest BCUT2D eigenvalue weighted by molar-refractivity contribution is -0.0320. The van der Waals surface area contributed by atoms with Gasteiger partial charge in [0.25, 0.3) is 0 Å². The van der Waals surface area contributed by atoms with Crippen molar-refractivity contribution in [3.05, 3.63) is 0 Å². The fraction of sp³-hybridized carbons (Fsp3) is 0.952. The molecule has 28 heavy (non-hydrogen) atoms. The number of rotatable bonds is 11. The average molecular weight is 399 g/mol. The first-order chi connectivity index (χ1) is 13.7. The van der Waals surface area contributed by atoms with Gasteiger partial charge < -0.3 is 24.8 Å². The smallest absolute Gasteiger partial charge is 0.191 e. The van der Waals surface area contributed by atoms with Gasteiger partial charge in [0, 0.05) is 52.0 Å². The molecule has 2 heterocycles. The molecule has 2 aliphatic heterocycles. The first-order valence-electron chi connectivity index (χ1n) is 11.2. The predicted molar refractivity (Wildman–Crippen MR) is 114 cm³/mol. The zero-order valence-electron chi connectivity index (χ0n) is 18.3. The summed E-state index contributed by atoms with van der Waals surface area (Å²) >= 11 is 0. The highest BCUT2D eigenvalue weighted by atomic mass is 16.5. The molecule has 7 heteroatoms. The van der Waals surface area contributed by atoms with E-state index in [-0.39, 0.29) is 0 Å². The first-order valence-corrected chi connectivity index (χ1v) is 11.2. The van der Waals surface area contributed by atoms with E-state index < -0.39 is 0 Å². The standard InChI is InChI=1S/C21H42N4O3/c1-4-22-21(23-8-5-11-28-20-6-12-26-13-7-20)24-17-19(16-18(2)3)25-9-14-27-15-10-25/h18-20H,4-17H2,1-3H3,(H2,22,23,24). The molecule has 0 amide bonds. The highest BCUT2D eigenvalue weighted by Crippen LogP contribution is 2.14. The van der Waals surface area contributed by atoms with Crippen molar-refractivity contribution in [2.45, 2.75) is 58.6 Å². The summed E-state index contributed by atoms with van der Waals surface area (Å²) in [4.78, 5) is 7.42. The molecule has 2 fully saturated rings. The van der Waals surface area contributed by atoms with Gasteiger partial charge in [-0.25, -0.2) is 0 Å². The summed E-state index contributed by atoms with van der Waals surface area (Å²) in [6.45, 7) is 15.4. The van der Waals surface area contributed by atoms with Crippen LogP contribution in [-0.2, 0) is 14.2 Å². The Morgan fingerprint density at radius 2 is 1.82 bits per heavy atom. The minimum Gasteiger partial charge on any atom is -0.381 e. The molecule has 0 bridgehead atoms. The van der Waals surface area contributed by atoms with E-state index in [2.05, 4.69) is 36.3 Å². The van der Waals surface area contributed by atoms with Crippen molar-refractivity contribution >= 4 is 5.96 Å². The molecule has 0 saturated carbocycles. The van der Waals surface area contributed by atoms with Gasteiger partial charge in [-0.3, -0.25) is 9.89 Å². The third kappa shape index (κ3) is 9.54. The molecule has 0 aromatic rings. The summed E-state index contributed by atoms with van der Waals surface area (Å²) in [5, 5.41) is 6.83. The molecule has 7 nitrogen and oxygen atoms in total. The lowest BCUT2D eigenvalue weighted by Crippen LogP contribution is -2.46. The molecule has 1 atom stereocenters. The Labute approximate surface area is 171 Å². The highest BCUT2D eigenvalue weighted by Gasteiger charge is 2.21. The number of hydrogen-bond acceptors (Lipinski definition) is 5. The van der Waals surface area contributed by atoms with Crippen molar-refractivity contribution in [2.75, 3.05) is 65.8 Å². The Kier molecular flexibility index (Phi) is 11.8. The summed E-state index contributed by atoms with van der Waals surface area (Å²) in [5.74, 6) is 1.58. The predicted octanol–water partition coefficient (Wildman–Crippen LogP) is 1.87. The van der Waals surface area contributed by atoms with E-state index in [1.807, 2.05) is 0 Å². The second-order valence-corrected chi connectivity index (χ2v) is 8.11. The zero-order chi connectivity index (χ0) is 20.0. The van der Waals surface area contributed by atoms with Crippen molar-refractivity contribution in [1.29, 1.82) is 0 Å². The largest absolute Gasteiger partial charge is 0.381 e. The van der Waals surface area contributed by atoms with Crippen molar-refractivity contribution in [3.63, 3.8) is 0 Å². The summed E-state index contributed by atoms with van der Waals surface area (Å²) in [7, 11) is 0. The fourth-order valence-corrected chi connectivity index (χ4v) is 3.74. The van der Waals surface area contributed by atoms with Gasteiger partial charge in [-0.1, -0.05) is 13.8 Å². The van der Waals surface area contributed by atoms with Crippen molar-refractivity contribution in [1.82, 2.24) is 15.5 Å². The molecule has 0 radical (unpaired) electrons. The Bertz CT molecular complexity index is 422. The summed E-state index contributed by atoms with van der Waals surface area (Å²) in [6, 6.07) is 0.483. The molecule has 0 spiro atoms. The number of nitrogens with one attached hydrogen (secondary N) is 2. The van der Waals surface area contributed by atoms with Gasteiger partial charge in [-0.15, -0.1) is 0 Å². The lowest BCUT2D eigenvalue weighted by Gasteiger charge is -2.34. The second kappa shape index (κ2) is 14.1. The molecule has 1 unspecified atom stereocenters. The monoisotopic (exact) mass is 398 g/mol. The molecule has 0 aliphatic carbocycles. The first kappa shape index (κ1) is 23.4. The molecular formula is C21H42N4O3. The van der Waals surface area contributed by atoms with Gasteiger partial charge >= 0.3 is 0 Å². The topological polar surface area (TPSA) is 67.4 Å². The van der Waals surface area contributed by atoms with E-state index in [4.69, 9.17) is 19.2 Å². The normalized spacial score (nSPS) is 21.1. The van der Waals surface area contributed by atoms with Crippen molar-refractivity contribution in [3.8, 4) is 0 Å². The van der Waals surface area contributed by atoms with Crippen molar-refractivity contribution < 1.29 is 14.2 Å². The number of guanidine groups is 1. The van der Waals surface area contributed by atoms with Gasteiger partial charge in [0.05, 0.1) is 25.9 Å². The Balaban J connectivity index is 1.73. The van der Waals surface area contributed by atoms with Crippen LogP contribution < -0.4 is 10.6 Å². The molecule has 2 N–H and O–H groups in total. The minimum absolute atomic E-state index is 0.376. The molecule has 2 saturated heterocycles. The average Bonchev–Trinajstić information content (AvgIpc) is 2.71. The Hall–Kier alpha value is -0.890. The zero-order valence-corrected chi connectivity index (χ0v) is 18.3. The van der Waals surface area contributed by atoms with Crippen molar-refractivity contribution in [2.24, 2.45) is 10.9 Å². The van der Waals surface area contributed by atoms with Crippen LogP contribution in [0.1, 0.15) is 46.5 Å². The molecule has 164 valence electrons. The van der Waals surface area contributed by atoms with E-state index in [1.165, 1.54) is 6.42 Å². The fourth-order valence-electron chi connectivity index (χ4n) is 3.74. The van der Waals surface area contributed by atoms with Crippen LogP contribution in [0.25, 0.3) is 0 Å². The van der Waals surface area contributed by atoms with Crippen LogP contribution in [-0.4, -0.2) is 88.8 Å². The lowest BCUT2D eigenvalue weighted by atomic mass is 10.0. The van der Waals surface area contributed by atoms with Crippen LogP contribution in [0.4, 0.5) is 0 Å². The molecule has 0 aromatic carbocycles. The number of ether oxygens (including phenoxy) is 3. The maximum absolute atomic E-state index is 5.95. The maximum Gasteiger partial charge on any atom is 0.191 e. The van der Waals surface area contributed by atoms with E-state index in [9.17, 15) is 0 Å². The maximum atomic E-state index is 5.95. The Morgan fingerprint density at radius 3 is 2.50 bits per heavy atom. The highest BCUT2D eigenvalue weighted by molar-refractivity contribution is 5.79. The summed E-state index contributed by atoms with van der Waals surface area (Å²) < 4.78 is 16.8. The third-order valence-corrected chi connectivity index (χ3v) is 5.25. The molecule has 2 rings (SSSR count). The van der Waals surface area contributed by atoms with Gasteiger partial charge in [0.15, 0.2) is 5.96 Å². The van der Waals surface area contributed by atoms with E-state index >= 15 is 0 Å². The number of hydrogen-bond donors (Lipinski definition) is 2. The molecule has 0 aromatic heterocycles. The Morgan fingerprint density at radius 1 is 1.11 bits per heavy atom. The van der Waals surface area contributed by atoms with Crippen LogP contribution in [0.5, 0.6) is 0 Å². The SMILES string of the molecule is CCNC(=NCC(CC(C)C)N1CCOCC1)NCCCOC1CCOCC1. The third-order valence-electron chi connectivity index (χ3n) is 5.25. The van der Waals surface area contributed by atoms with E-state index in [0.29, 0.717) is 18.1 Å². The van der Waals surface area contributed by atoms with E-state index in [1.54, 1.807) is 0 Å². The minimum atomic E-state index is 0.376. The van der Waals surface area contributed by atoms with Crippen LogP contribution in [0.15, 0.2) is 4.99 Å². The van der Waals surface area contributed by atoms with E-state index in [0.717, 1.165) is 91.0 Å². The van der Waals surface area contributed by atoms with Crippen LogP contribution in [0, 0.1) is 5.92 Å². The van der Waals surface area contributed by atoms with Gasteiger partial charge in [-0.2, -0.15) is 0 Å². The van der Waals surface area contributed by atoms with Crippen LogP contribution >= 0.6 is 0 Å². The summed E-state index contributed by atoms with van der Waals surface area (Å²) in [6.07, 6.45) is 4.58. The van der Waals surface area contributed by atoms with Crippen LogP contribution in [0.3, 0.4) is 0 Å². The van der Waals surface area contributed by atoms with Crippen LogP contribution in [0.2, 0.25) is 0 Å².